The highest BCUT2D eigenvalue weighted by atomic mass is 16.5. The van der Waals surface area contributed by atoms with Gasteiger partial charge in [-0.25, -0.2) is 0 Å². The molecule has 0 saturated carbocycles. The molecule has 0 aromatic rings. The summed E-state index contributed by atoms with van der Waals surface area (Å²) in [7, 11) is 0. The first kappa shape index (κ1) is 28.1. The van der Waals surface area contributed by atoms with E-state index in [1.165, 1.54) is 77.0 Å². The van der Waals surface area contributed by atoms with Crippen molar-refractivity contribution >= 4 is 11.8 Å². The van der Waals surface area contributed by atoms with Crippen LogP contribution in [0.5, 0.6) is 0 Å². The van der Waals surface area contributed by atoms with Gasteiger partial charge in [-0.3, -0.25) is 9.69 Å². The van der Waals surface area contributed by atoms with Crippen molar-refractivity contribution in [3.8, 4) is 0 Å². The molecule has 0 fully saturated rings. The Bertz CT molecular complexity index is 368. The summed E-state index contributed by atoms with van der Waals surface area (Å²) in [6.07, 6.45) is 18.3. The maximum Gasteiger partial charge on any atom is 0.305 e. The number of rotatable bonds is 22. The lowest BCUT2D eigenvalue weighted by Gasteiger charge is -2.22. The normalized spacial score (nSPS) is 11.2. The first-order chi connectivity index (χ1) is 14.1. The second kappa shape index (κ2) is 21.8. The lowest BCUT2D eigenvalue weighted by molar-refractivity contribution is -0.144. The molecule has 172 valence electrons. The third kappa shape index (κ3) is 21.6. The Morgan fingerprint density at radius 2 is 1.10 bits per heavy atom. The van der Waals surface area contributed by atoms with Crippen LogP contribution in [0.25, 0.3) is 0 Å². The van der Waals surface area contributed by atoms with Crippen LogP contribution < -0.4 is 0 Å². The van der Waals surface area contributed by atoms with E-state index in [0.29, 0.717) is 19.4 Å². The van der Waals surface area contributed by atoms with E-state index in [9.17, 15) is 9.59 Å². The zero-order chi connectivity index (χ0) is 21.6. The summed E-state index contributed by atoms with van der Waals surface area (Å²) in [5.41, 5.74) is 0. The van der Waals surface area contributed by atoms with E-state index in [-0.39, 0.29) is 11.8 Å². The standard InChI is InChI=1S/C25H49NO3/c1-4-6-8-10-12-16-20-26(21-17-13-11-9-7-5-2)22-23-29-25(28)19-15-14-18-24(3)27/h4-23H2,1-3H3. The molecule has 0 aliphatic carbocycles. The Balaban J connectivity index is 3.98. The van der Waals surface area contributed by atoms with Crippen molar-refractivity contribution in [1.29, 1.82) is 0 Å². The van der Waals surface area contributed by atoms with Crippen LogP contribution in [0.15, 0.2) is 0 Å². The number of ether oxygens (including phenoxy) is 1. The maximum atomic E-state index is 11.9. The summed E-state index contributed by atoms with van der Waals surface area (Å²) in [4.78, 5) is 25.3. The summed E-state index contributed by atoms with van der Waals surface area (Å²) in [6.45, 7) is 9.70. The van der Waals surface area contributed by atoms with Crippen molar-refractivity contribution in [2.45, 2.75) is 124 Å². The maximum absolute atomic E-state index is 11.9. The number of carbonyl (C=O) groups is 2. The fourth-order valence-corrected chi connectivity index (χ4v) is 3.57. The smallest absolute Gasteiger partial charge is 0.305 e. The van der Waals surface area contributed by atoms with Gasteiger partial charge in [0.05, 0.1) is 0 Å². The Kier molecular flexibility index (Phi) is 21.1. The highest BCUT2D eigenvalue weighted by molar-refractivity contribution is 5.75. The molecule has 0 unspecified atom stereocenters. The van der Waals surface area contributed by atoms with Gasteiger partial charge in [0.25, 0.3) is 0 Å². The first-order valence-electron chi connectivity index (χ1n) is 12.5. The molecule has 0 radical (unpaired) electrons. The zero-order valence-electron chi connectivity index (χ0n) is 19.8. The minimum atomic E-state index is -0.118. The second-order valence-electron chi connectivity index (χ2n) is 8.51. The van der Waals surface area contributed by atoms with E-state index in [1.807, 2.05) is 0 Å². The number of esters is 1. The van der Waals surface area contributed by atoms with Crippen molar-refractivity contribution in [1.82, 2.24) is 4.90 Å². The number of hydrogen-bond donors (Lipinski definition) is 0. The molecule has 0 aromatic heterocycles. The summed E-state index contributed by atoms with van der Waals surface area (Å²) >= 11 is 0. The van der Waals surface area contributed by atoms with Gasteiger partial charge in [-0.05, 0) is 45.7 Å². The van der Waals surface area contributed by atoms with Crippen molar-refractivity contribution in [2.24, 2.45) is 0 Å². The van der Waals surface area contributed by atoms with Crippen molar-refractivity contribution in [2.75, 3.05) is 26.2 Å². The average molecular weight is 412 g/mol. The minimum Gasteiger partial charge on any atom is -0.464 e. The van der Waals surface area contributed by atoms with E-state index >= 15 is 0 Å². The van der Waals surface area contributed by atoms with Gasteiger partial charge in [-0.2, -0.15) is 0 Å². The minimum absolute atomic E-state index is 0.118. The molecule has 29 heavy (non-hydrogen) atoms. The first-order valence-corrected chi connectivity index (χ1v) is 12.5. The van der Waals surface area contributed by atoms with Crippen LogP contribution in [0.2, 0.25) is 0 Å². The van der Waals surface area contributed by atoms with Crippen molar-refractivity contribution < 1.29 is 14.3 Å². The quantitative estimate of drug-likeness (QED) is 0.147. The van der Waals surface area contributed by atoms with Gasteiger partial charge in [0, 0.05) is 19.4 Å². The van der Waals surface area contributed by atoms with Crippen LogP contribution in [-0.2, 0) is 14.3 Å². The number of Topliss-reactive ketones (excluding diaryl/α,β-unsaturated/α-hetero) is 1. The van der Waals surface area contributed by atoms with E-state index in [1.54, 1.807) is 6.92 Å². The summed E-state index contributed by atoms with van der Waals surface area (Å²) in [6, 6.07) is 0. The Hall–Kier alpha value is -0.900. The Morgan fingerprint density at radius 1 is 0.621 bits per heavy atom. The molecule has 0 aliphatic heterocycles. The molecule has 0 aromatic carbocycles. The number of ketones is 1. The molecule has 0 atom stereocenters. The van der Waals surface area contributed by atoms with Gasteiger partial charge in [0.15, 0.2) is 0 Å². The lowest BCUT2D eigenvalue weighted by atomic mass is 10.1. The number of nitrogens with zero attached hydrogens (tertiary/aromatic N) is 1. The van der Waals surface area contributed by atoms with Crippen molar-refractivity contribution in [3.05, 3.63) is 0 Å². The molecule has 0 saturated heterocycles. The molecule has 0 aliphatic rings. The van der Waals surface area contributed by atoms with Crippen LogP contribution >= 0.6 is 0 Å². The fraction of sp³-hybridized carbons (Fsp3) is 0.920. The number of hydrogen-bond acceptors (Lipinski definition) is 4. The molecule has 0 rings (SSSR count). The monoisotopic (exact) mass is 411 g/mol. The molecule has 4 nitrogen and oxygen atoms in total. The fourth-order valence-electron chi connectivity index (χ4n) is 3.57. The number of carbonyl (C=O) groups excluding carboxylic acids is 2. The van der Waals surface area contributed by atoms with E-state index in [0.717, 1.165) is 32.5 Å². The van der Waals surface area contributed by atoms with Gasteiger partial charge < -0.3 is 9.53 Å². The molecule has 0 spiro atoms. The molecule has 4 heteroatoms. The third-order valence-electron chi connectivity index (χ3n) is 5.49. The van der Waals surface area contributed by atoms with E-state index in [2.05, 4.69) is 18.7 Å². The van der Waals surface area contributed by atoms with Crippen LogP contribution in [0.4, 0.5) is 0 Å². The zero-order valence-corrected chi connectivity index (χ0v) is 19.8. The van der Waals surface area contributed by atoms with Gasteiger partial charge in [-0.15, -0.1) is 0 Å². The van der Waals surface area contributed by atoms with Gasteiger partial charge in [0.1, 0.15) is 12.4 Å². The molecule has 0 N–H and O–H groups in total. The van der Waals surface area contributed by atoms with Crippen LogP contribution in [0.3, 0.4) is 0 Å². The highest BCUT2D eigenvalue weighted by Crippen LogP contribution is 2.09. The summed E-state index contributed by atoms with van der Waals surface area (Å²) in [5, 5.41) is 0. The van der Waals surface area contributed by atoms with Crippen LogP contribution in [0, 0.1) is 0 Å². The highest BCUT2D eigenvalue weighted by Gasteiger charge is 2.08. The van der Waals surface area contributed by atoms with Gasteiger partial charge in [0.2, 0.25) is 0 Å². The van der Waals surface area contributed by atoms with Crippen LogP contribution in [0.1, 0.15) is 124 Å². The van der Waals surface area contributed by atoms with Crippen LogP contribution in [-0.4, -0.2) is 42.9 Å². The van der Waals surface area contributed by atoms with E-state index < -0.39 is 0 Å². The third-order valence-corrected chi connectivity index (χ3v) is 5.49. The molecular weight excluding hydrogens is 362 g/mol. The molecule has 0 amide bonds. The van der Waals surface area contributed by atoms with Gasteiger partial charge in [-0.1, -0.05) is 78.1 Å². The molecule has 0 bridgehead atoms. The van der Waals surface area contributed by atoms with Gasteiger partial charge >= 0.3 is 5.97 Å². The lowest BCUT2D eigenvalue weighted by Crippen LogP contribution is -2.30. The summed E-state index contributed by atoms with van der Waals surface area (Å²) in [5.74, 6) is 0.0750. The Morgan fingerprint density at radius 3 is 1.62 bits per heavy atom. The second-order valence-corrected chi connectivity index (χ2v) is 8.51. The van der Waals surface area contributed by atoms with Crippen molar-refractivity contribution in [3.63, 3.8) is 0 Å². The Labute approximate surface area is 181 Å². The predicted molar refractivity (Wildman–Crippen MR) is 123 cm³/mol. The summed E-state index contributed by atoms with van der Waals surface area (Å²) < 4.78 is 5.43. The molecule has 0 heterocycles. The largest absolute Gasteiger partial charge is 0.464 e. The predicted octanol–water partition coefficient (Wildman–Crippen LogP) is 6.70. The average Bonchev–Trinajstić information content (AvgIpc) is 2.69. The SMILES string of the molecule is CCCCCCCCN(CCCCCCCC)CCOC(=O)CCCCC(C)=O. The van der Waals surface area contributed by atoms with E-state index in [4.69, 9.17) is 4.74 Å². The topological polar surface area (TPSA) is 46.6 Å². The number of unbranched alkanes of at least 4 members (excludes halogenated alkanes) is 11. The molecular formula is C25H49NO3.